The van der Waals surface area contributed by atoms with E-state index < -0.39 is 11.7 Å². The molecule has 2 aromatic carbocycles. The summed E-state index contributed by atoms with van der Waals surface area (Å²) in [6.07, 6.45) is 0. The number of benzene rings is 2. The Morgan fingerprint density at radius 3 is 2.45 bits per heavy atom. The molecule has 0 heterocycles. The highest BCUT2D eigenvalue weighted by atomic mass is 35.5. The second-order valence-electron chi connectivity index (χ2n) is 4.13. The monoisotopic (exact) mass is 312 g/mol. The standard InChI is InChI=1S/C14H11Cl2FN2O/c15-9-3-1-8(2-4-9)7-19-14(20)10-5-6-11(16)12(17)13(10)18/h1-6H,7,18H2,(H,19,20). The van der Waals surface area contributed by atoms with Gasteiger partial charge in [0.15, 0.2) is 5.82 Å². The van der Waals surface area contributed by atoms with Crippen molar-refractivity contribution in [1.29, 1.82) is 0 Å². The van der Waals surface area contributed by atoms with E-state index in [4.69, 9.17) is 28.9 Å². The number of anilines is 1. The van der Waals surface area contributed by atoms with E-state index in [1.807, 2.05) is 0 Å². The second-order valence-corrected chi connectivity index (χ2v) is 4.98. The van der Waals surface area contributed by atoms with Crippen LogP contribution in [0.1, 0.15) is 15.9 Å². The Kier molecular flexibility index (Phi) is 4.47. The normalized spacial score (nSPS) is 10.3. The van der Waals surface area contributed by atoms with Gasteiger partial charge in [-0.05, 0) is 29.8 Å². The maximum atomic E-state index is 13.5. The van der Waals surface area contributed by atoms with Gasteiger partial charge in [-0.1, -0.05) is 35.3 Å². The van der Waals surface area contributed by atoms with Crippen molar-refractivity contribution in [1.82, 2.24) is 5.32 Å². The summed E-state index contributed by atoms with van der Waals surface area (Å²) in [6.45, 7) is 0.291. The fourth-order valence-corrected chi connectivity index (χ4v) is 1.93. The van der Waals surface area contributed by atoms with Gasteiger partial charge in [0.2, 0.25) is 0 Å². The van der Waals surface area contributed by atoms with Crippen molar-refractivity contribution in [3.05, 3.63) is 63.4 Å². The first-order valence-electron chi connectivity index (χ1n) is 5.75. The fourth-order valence-electron chi connectivity index (χ4n) is 1.64. The number of nitrogens with two attached hydrogens (primary N) is 1. The molecule has 0 radical (unpaired) electrons. The molecular formula is C14H11Cl2FN2O. The van der Waals surface area contributed by atoms with Gasteiger partial charge in [-0.2, -0.15) is 0 Å². The van der Waals surface area contributed by atoms with Gasteiger partial charge >= 0.3 is 0 Å². The van der Waals surface area contributed by atoms with Gasteiger partial charge in [0, 0.05) is 11.6 Å². The Hall–Kier alpha value is -1.78. The van der Waals surface area contributed by atoms with Crippen LogP contribution in [0, 0.1) is 5.82 Å². The Balaban J connectivity index is 2.09. The first kappa shape index (κ1) is 14.6. The second kappa shape index (κ2) is 6.11. The Labute approximate surface area is 125 Å². The van der Waals surface area contributed by atoms with E-state index in [1.165, 1.54) is 12.1 Å². The van der Waals surface area contributed by atoms with Gasteiger partial charge < -0.3 is 11.1 Å². The molecule has 0 aromatic heterocycles. The van der Waals surface area contributed by atoms with Crippen molar-refractivity contribution in [2.24, 2.45) is 0 Å². The minimum absolute atomic E-state index is 0.0564. The maximum absolute atomic E-state index is 13.5. The van der Waals surface area contributed by atoms with Crippen LogP contribution in [0.3, 0.4) is 0 Å². The average Bonchev–Trinajstić information content (AvgIpc) is 2.44. The van der Waals surface area contributed by atoms with E-state index in [1.54, 1.807) is 24.3 Å². The molecule has 0 aliphatic rings. The average molecular weight is 313 g/mol. The van der Waals surface area contributed by atoms with Crippen molar-refractivity contribution in [2.75, 3.05) is 5.73 Å². The molecule has 0 atom stereocenters. The molecule has 2 rings (SSSR count). The number of hydrogen-bond acceptors (Lipinski definition) is 2. The van der Waals surface area contributed by atoms with E-state index in [0.717, 1.165) is 5.56 Å². The molecule has 0 aliphatic heterocycles. The van der Waals surface area contributed by atoms with E-state index in [2.05, 4.69) is 5.32 Å². The molecule has 0 fully saturated rings. The summed E-state index contributed by atoms with van der Waals surface area (Å²) in [5.41, 5.74) is 6.20. The highest BCUT2D eigenvalue weighted by Crippen LogP contribution is 2.23. The zero-order chi connectivity index (χ0) is 14.7. The van der Waals surface area contributed by atoms with Crippen molar-refractivity contribution < 1.29 is 9.18 Å². The van der Waals surface area contributed by atoms with Crippen molar-refractivity contribution in [3.63, 3.8) is 0 Å². The molecular weight excluding hydrogens is 302 g/mol. The predicted octanol–water partition coefficient (Wildman–Crippen LogP) is 3.64. The molecule has 0 spiro atoms. The zero-order valence-electron chi connectivity index (χ0n) is 10.3. The van der Waals surface area contributed by atoms with Crippen LogP contribution in [0.15, 0.2) is 36.4 Å². The van der Waals surface area contributed by atoms with Crippen LogP contribution in [0.25, 0.3) is 0 Å². The summed E-state index contributed by atoms with van der Waals surface area (Å²) in [6, 6.07) is 9.70. The number of nitrogen functional groups attached to an aromatic ring is 1. The molecule has 104 valence electrons. The SMILES string of the molecule is Nc1c(C(=O)NCc2ccc(Cl)cc2)ccc(Cl)c1F. The molecule has 20 heavy (non-hydrogen) atoms. The van der Waals surface area contributed by atoms with E-state index in [0.29, 0.717) is 11.6 Å². The van der Waals surface area contributed by atoms with Gasteiger partial charge in [0.05, 0.1) is 16.3 Å². The number of hydrogen-bond donors (Lipinski definition) is 2. The number of carbonyl (C=O) groups excluding carboxylic acids is 1. The molecule has 0 saturated heterocycles. The van der Waals surface area contributed by atoms with Crippen molar-refractivity contribution in [2.45, 2.75) is 6.54 Å². The third kappa shape index (κ3) is 3.21. The summed E-state index contributed by atoms with van der Waals surface area (Å²) in [4.78, 5) is 11.9. The van der Waals surface area contributed by atoms with Gasteiger partial charge in [-0.25, -0.2) is 4.39 Å². The first-order chi connectivity index (χ1) is 9.49. The quantitative estimate of drug-likeness (QED) is 0.850. The summed E-state index contributed by atoms with van der Waals surface area (Å²) in [5.74, 6) is -1.25. The Bertz CT molecular complexity index is 644. The van der Waals surface area contributed by atoms with Crippen LogP contribution in [-0.4, -0.2) is 5.91 Å². The number of rotatable bonds is 3. The van der Waals surface area contributed by atoms with E-state index in [9.17, 15) is 9.18 Å². The Morgan fingerprint density at radius 2 is 1.80 bits per heavy atom. The highest BCUT2D eigenvalue weighted by Gasteiger charge is 2.15. The van der Waals surface area contributed by atoms with Crippen LogP contribution in [0.2, 0.25) is 10.0 Å². The van der Waals surface area contributed by atoms with Crippen LogP contribution in [0.4, 0.5) is 10.1 Å². The highest BCUT2D eigenvalue weighted by molar-refractivity contribution is 6.31. The lowest BCUT2D eigenvalue weighted by molar-refractivity contribution is 0.0951. The van der Waals surface area contributed by atoms with Crippen molar-refractivity contribution >= 4 is 34.8 Å². The van der Waals surface area contributed by atoms with Gasteiger partial charge in [-0.15, -0.1) is 0 Å². The molecule has 0 aliphatic carbocycles. The minimum Gasteiger partial charge on any atom is -0.396 e. The zero-order valence-corrected chi connectivity index (χ0v) is 11.8. The fraction of sp³-hybridized carbons (Fsp3) is 0.0714. The molecule has 6 heteroatoms. The smallest absolute Gasteiger partial charge is 0.253 e. The number of carbonyl (C=O) groups is 1. The minimum atomic E-state index is -0.786. The lowest BCUT2D eigenvalue weighted by Gasteiger charge is -2.09. The van der Waals surface area contributed by atoms with Crippen molar-refractivity contribution in [3.8, 4) is 0 Å². The van der Waals surface area contributed by atoms with Crippen LogP contribution in [-0.2, 0) is 6.54 Å². The third-order valence-electron chi connectivity index (χ3n) is 2.74. The first-order valence-corrected chi connectivity index (χ1v) is 6.50. The number of amides is 1. The van der Waals surface area contributed by atoms with E-state index in [-0.39, 0.29) is 16.3 Å². The molecule has 3 N–H and O–H groups in total. The lowest BCUT2D eigenvalue weighted by atomic mass is 10.1. The molecule has 0 unspecified atom stereocenters. The molecule has 2 aromatic rings. The van der Waals surface area contributed by atoms with Gasteiger partial charge in [0.1, 0.15) is 0 Å². The van der Waals surface area contributed by atoms with Gasteiger partial charge in [-0.3, -0.25) is 4.79 Å². The predicted molar refractivity (Wildman–Crippen MR) is 78.4 cm³/mol. The van der Waals surface area contributed by atoms with Crippen LogP contribution < -0.4 is 11.1 Å². The number of nitrogens with one attached hydrogen (secondary N) is 1. The van der Waals surface area contributed by atoms with Gasteiger partial charge in [0.25, 0.3) is 5.91 Å². The molecule has 0 saturated carbocycles. The number of halogens is 3. The third-order valence-corrected chi connectivity index (χ3v) is 3.29. The molecule has 3 nitrogen and oxygen atoms in total. The molecule has 1 amide bonds. The maximum Gasteiger partial charge on any atom is 0.253 e. The largest absolute Gasteiger partial charge is 0.396 e. The Morgan fingerprint density at radius 1 is 1.15 bits per heavy atom. The summed E-state index contributed by atoms with van der Waals surface area (Å²) < 4.78 is 13.5. The van der Waals surface area contributed by atoms with Crippen LogP contribution >= 0.6 is 23.2 Å². The summed E-state index contributed by atoms with van der Waals surface area (Å²) in [7, 11) is 0. The molecule has 0 bridgehead atoms. The lowest BCUT2D eigenvalue weighted by Crippen LogP contribution is -2.24. The summed E-state index contributed by atoms with van der Waals surface area (Å²) >= 11 is 11.3. The summed E-state index contributed by atoms with van der Waals surface area (Å²) in [5, 5.41) is 3.15. The van der Waals surface area contributed by atoms with E-state index >= 15 is 0 Å². The topological polar surface area (TPSA) is 55.1 Å². The van der Waals surface area contributed by atoms with Crippen LogP contribution in [0.5, 0.6) is 0 Å².